The van der Waals surface area contributed by atoms with Crippen LogP contribution in [0.15, 0.2) is 42.7 Å². The molecule has 130 valence electrons. The molecule has 0 saturated carbocycles. The van der Waals surface area contributed by atoms with E-state index in [-0.39, 0.29) is 10.6 Å². The Labute approximate surface area is 186 Å². The number of aromatic nitrogens is 4. The first-order chi connectivity index (χ1) is 12.0. The summed E-state index contributed by atoms with van der Waals surface area (Å²) >= 11 is 20.8. The lowest BCUT2D eigenvalue weighted by Crippen LogP contribution is -2.00. The highest BCUT2D eigenvalue weighted by Crippen LogP contribution is 2.19. The van der Waals surface area contributed by atoms with Gasteiger partial charge in [-0.1, -0.05) is 41.9 Å². The second kappa shape index (κ2) is 10.6. The van der Waals surface area contributed by atoms with Crippen LogP contribution in [0.5, 0.6) is 5.88 Å². The maximum absolute atomic E-state index is 5.69. The molecule has 0 saturated heterocycles. The summed E-state index contributed by atoms with van der Waals surface area (Å²) in [5, 5.41) is 0.777. The summed E-state index contributed by atoms with van der Waals surface area (Å²) < 4.78 is 7.21. The lowest BCUT2D eigenvalue weighted by Gasteiger charge is -2.06. The monoisotopic (exact) mass is 620 g/mol. The summed E-state index contributed by atoms with van der Waals surface area (Å²) in [6.45, 7) is 0.476. The fourth-order valence-electron chi connectivity index (χ4n) is 1.48. The number of hydrogen-bond donors (Lipinski definition) is 0. The SMILES string of the molecule is Clc1ncc(I)c(Cl)n1.Clc1ncc(I)c(OCc2ccccc2)n1. The number of ether oxygens (including phenoxy) is 1. The molecular weight excluding hydrogens is 612 g/mol. The van der Waals surface area contributed by atoms with Gasteiger partial charge in [0.2, 0.25) is 16.4 Å². The maximum atomic E-state index is 5.69. The molecule has 3 aromatic rings. The van der Waals surface area contributed by atoms with Gasteiger partial charge in [0.1, 0.15) is 11.8 Å². The third-order valence-corrected chi connectivity index (χ3v) is 5.07. The predicted molar refractivity (Wildman–Crippen MR) is 115 cm³/mol. The van der Waals surface area contributed by atoms with Gasteiger partial charge in [0.25, 0.3) is 0 Å². The minimum atomic E-state index is 0.181. The molecule has 0 fully saturated rings. The minimum absolute atomic E-state index is 0.181. The molecule has 0 atom stereocenters. The van der Waals surface area contributed by atoms with Crippen LogP contribution in [0.3, 0.4) is 0 Å². The van der Waals surface area contributed by atoms with Gasteiger partial charge in [0, 0.05) is 12.4 Å². The van der Waals surface area contributed by atoms with Gasteiger partial charge < -0.3 is 4.74 Å². The van der Waals surface area contributed by atoms with Crippen LogP contribution in [-0.2, 0) is 6.61 Å². The van der Waals surface area contributed by atoms with E-state index in [4.69, 9.17) is 39.5 Å². The molecule has 0 aliphatic carbocycles. The third kappa shape index (κ3) is 7.33. The van der Waals surface area contributed by atoms with E-state index in [1.807, 2.05) is 52.9 Å². The Kier molecular flexibility index (Phi) is 8.83. The average Bonchev–Trinajstić information content (AvgIpc) is 2.61. The molecule has 1 aromatic carbocycles. The normalized spacial score (nSPS) is 9.96. The molecule has 10 heteroatoms. The lowest BCUT2D eigenvalue weighted by atomic mass is 10.2. The summed E-state index contributed by atoms with van der Waals surface area (Å²) in [6.07, 6.45) is 3.20. The Morgan fingerprint density at radius 2 is 1.44 bits per heavy atom. The van der Waals surface area contributed by atoms with E-state index in [1.165, 1.54) is 0 Å². The zero-order chi connectivity index (χ0) is 18.2. The molecular formula is C15H9Cl3I2N4O. The van der Waals surface area contributed by atoms with Crippen LogP contribution in [0.2, 0.25) is 15.7 Å². The zero-order valence-corrected chi connectivity index (χ0v) is 18.9. The Morgan fingerprint density at radius 1 is 0.840 bits per heavy atom. The van der Waals surface area contributed by atoms with Gasteiger partial charge in [-0.25, -0.2) is 15.0 Å². The van der Waals surface area contributed by atoms with Crippen LogP contribution < -0.4 is 4.74 Å². The van der Waals surface area contributed by atoms with E-state index in [0.29, 0.717) is 17.6 Å². The van der Waals surface area contributed by atoms with E-state index in [1.54, 1.807) is 12.4 Å². The molecule has 0 bridgehead atoms. The Balaban J connectivity index is 0.000000212. The number of rotatable bonds is 3. The van der Waals surface area contributed by atoms with Crippen molar-refractivity contribution in [3.05, 3.63) is 71.1 Å². The van der Waals surface area contributed by atoms with Crippen molar-refractivity contribution in [2.75, 3.05) is 0 Å². The fraction of sp³-hybridized carbons (Fsp3) is 0.0667. The highest BCUT2D eigenvalue weighted by Gasteiger charge is 2.05. The summed E-state index contributed by atoms with van der Waals surface area (Å²) in [5.41, 5.74) is 1.09. The molecule has 0 spiro atoms. The van der Waals surface area contributed by atoms with Crippen LogP contribution in [0, 0.1) is 7.14 Å². The molecule has 5 nitrogen and oxygen atoms in total. The van der Waals surface area contributed by atoms with Crippen molar-refractivity contribution in [1.82, 2.24) is 19.9 Å². The molecule has 0 N–H and O–H groups in total. The van der Waals surface area contributed by atoms with Crippen molar-refractivity contribution in [3.8, 4) is 5.88 Å². The van der Waals surface area contributed by atoms with Crippen molar-refractivity contribution >= 4 is 80.0 Å². The molecule has 25 heavy (non-hydrogen) atoms. The van der Waals surface area contributed by atoms with E-state index in [2.05, 4.69) is 42.5 Å². The third-order valence-electron chi connectivity index (χ3n) is 2.57. The average molecular weight is 621 g/mol. The van der Waals surface area contributed by atoms with Crippen molar-refractivity contribution in [1.29, 1.82) is 0 Å². The number of hydrogen-bond acceptors (Lipinski definition) is 5. The summed E-state index contributed by atoms with van der Waals surface area (Å²) in [6, 6.07) is 9.90. The summed E-state index contributed by atoms with van der Waals surface area (Å²) in [7, 11) is 0. The number of halogens is 5. The highest BCUT2D eigenvalue weighted by molar-refractivity contribution is 14.1. The second-order valence-electron chi connectivity index (χ2n) is 4.34. The molecule has 0 radical (unpaired) electrons. The standard InChI is InChI=1S/C11H8ClIN2O.C4HCl2IN2/c12-11-14-6-9(13)10(15-11)16-7-8-4-2-1-3-5-8;5-3-2(7)1-8-4(6)9-3/h1-6H,7H2;1H. The van der Waals surface area contributed by atoms with E-state index >= 15 is 0 Å². The van der Waals surface area contributed by atoms with Crippen LogP contribution in [0.25, 0.3) is 0 Å². The van der Waals surface area contributed by atoms with Gasteiger partial charge in [-0.05, 0) is 73.9 Å². The van der Waals surface area contributed by atoms with Crippen molar-refractivity contribution in [2.24, 2.45) is 0 Å². The van der Waals surface area contributed by atoms with Crippen molar-refractivity contribution in [3.63, 3.8) is 0 Å². The Hall–Kier alpha value is -0.490. The summed E-state index contributed by atoms with van der Waals surface area (Å²) in [5.74, 6) is 0.518. The first-order valence-corrected chi connectivity index (χ1v) is 9.93. The highest BCUT2D eigenvalue weighted by atomic mass is 127. The van der Waals surface area contributed by atoms with Crippen LogP contribution in [0.4, 0.5) is 0 Å². The number of benzene rings is 1. The molecule has 0 aliphatic rings. The first-order valence-electron chi connectivity index (χ1n) is 6.64. The fourth-order valence-corrected chi connectivity index (χ4v) is 2.59. The van der Waals surface area contributed by atoms with Gasteiger partial charge in [-0.2, -0.15) is 4.98 Å². The zero-order valence-electron chi connectivity index (χ0n) is 12.3. The molecule has 0 unspecified atom stereocenters. The van der Waals surface area contributed by atoms with E-state index in [9.17, 15) is 0 Å². The van der Waals surface area contributed by atoms with Crippen LogP contribution >= 0.6 is 80.0 Å². The topological polar surface area (TPSA) is 60.8 Å². The minimum Gasteiger partial charge on any atom is -0.472 e. The second-order valence-corrected chi connectivity index (χ2v) is 7.70. The number of nitrogens with zero attached hydrogens (tertiary/aromatic N) is 4. The van der Waals surface area contributed by atoms with Crippen molar-refractivity contribution in [2.45, 2.75) is 6.61 Å². The summed E-state index contributed by atoms with van der Waals surface area (Å²) in [4.78, 5) is 15.3. The van der Waals surface area contributed by atoms with E-state index < -0.39 is 0 Å². The van der Waals surface area contributed by atoms with Gasteiger partial charge in [-0.15, -0.1) is 0 Å². The molecule has 2 heterocycles. The van der Waals surface area contributed by atoms with E-state index in [0.717, 1.165) is 12.7 Å². The lowest BCUT2D eigenvalue weighted by molar-refractivity contribution is 0.291. The first kappa shape index (κ1) is 20.8. The predicted octanol–water partition coefficient (Wildman–Crippen LogP) is 5.70. The van der Waals surface area contributed by atoms with Gasteiger partial charge >= 0.3 is 0 Å². The molecule has 0 amide bonds. The van der Waals surface area contributed by atoms with Crippen LogP contribution in [-0.4, -0.2) is 19.9 Å². The quantitative estimate of drug-likeness (QED) is 0.214. The van der Waals surface area contributed by atoms with Gasteiger partial charge in [-0.3, -0.25) is 0 Å². The largest absolute Gasteiger partial charge is 0.472 e. The smallest absolute Gasteiger partial charge is 0.231 e. The maximum Gasteiger partial charge on any atom is 0.231 e. The molecule has 0 aliphatic heterocycles. The Morgan fingerprint density at radius 3 is 2.04 bits per heavy atom. The van der Waals surface area contributed by atoms with Crippen molar-refractivity contribution < 1.29 is 4.74 Å². The van der Waals surface area contributed by atoms with Gasteiger partial charge in [0.15, 0.2) is 0 Å². The Bertz CT molecular complexity index is 840. The van der Waals surface area contributed by atoms with Gasteiger partial charge in [0.05, 0.1) is 7.14 Å². The van der Waals surface area contributed by atoms with Crippen LogP contribution in [0.1, 0.15) is 5.56 Å². The molecule has 3 rings (SSSR count). The molecule has 2 aromatic heterocycles.